The van der Waals surface area contributed by atoms with Crippen molar-refractivity contribution in [3.63, 3.8) is 0 Å². The molecule has 1 saturated carbocycles. The molecule has 0 aromatic heterocycles. The molecule has 5 heteroatoms. The van der Waals surface area contributed by atoms with Gasteiger partial charge in [0.2, 0.25) is 0 Å². The minimum absolute atomic E-state index is 0.0121. The van der Waals surface area contributed by atoms with Crippen LogP contribution >= 0.6 is 0 Å². The highest BCUT2D eigenvalue weighted by molar-refractivity contribution is 5.68. The lowest BCUT2D eigenvalue weighted by atomic mass is 9.92. The molecule has 2 rings (SSSR count). The third-order valence-corrected chi connectivity index (χ3v) is 3.95. The second-order valence-corrected chi connectivity index (χ2v) is 7.20. The predicted octanol–water partition coefficient (Wildman–Crippen LogP) is 3.91. The van der Waals surface area contributed by atoms with Crippen LogP contribution in [0.5, 0.6) is 0 Å². The number of amides is 1. The molecule has 0 spiro atoms. The van der Waals surface area contributed by atoms with E-state index in [1.54, 1.807) is 12.1 Å². The Morgan fingerprint density at radius 3 is 2.54 bits per heavy atom. The molecule has 2 unspecified atom stereocenters. The van der Waals surface area contributed by atoms with Crippen molar-refractivity contribution in [2.75, 3.05) is 0 Å². The number of nitrogens with zero attached hydrogens (tertiary/aromatic N) is 1. The van der Waals surface area contributed by atoms with E-state index in [4.69, 9.17) is 14.7 Å². The van der Waals surface area contributed by atoms with Crippen LogP contribution in [0, 0.1) is 11.3 Å². The van der Waals surface area contributed by atoms with E-state index < -0.39 is 5.60 Å². The number of nitriles is 1. The van der Waals surface area contributed by atoms with Crippen LogP contribution < -0.4 is 5.32 Å². The van der Waals surface area contributed by atoms with Gasteiger partial charge in [-0.05, 0) is 51.3 Å². The second kappa shape index (κ2) is 8.16. The maximum absolute atomic E-state index is 12.0. The number of carbonyl (C=O) groups excluding carboxylic acids is 1. The molecule has 1 amide bonds. The summed E-state index contributed by atoms with van der Waals surface area (Å²) in [6.07, 6.45) is 3.61. The highest BCUT2D eigenvalue weighted by Crippen LogP contribution is 2.23. The van der Waals surface area contributed by atoms with Crippen LogP contribution in [0.3, 0.4) is 0 Å². The number of benzene rings is 1. The van der Waals surface area contributed by atoms with E-state index in [1.165, 1.54) is 0 Å². The van der Waals surface area contributed by atoms with E-state index in [1.807, 2.05) is 32.9 Å². The van der Waals surface area contributed by atoms with Crippen molar-refractivity contribution in [1.29, 1.82) is 5.26 Å². The minimum atomic E-state index is -0.502. The summed E-state index contributed by atoms with van der Waals surface area (Å²) in [6, 6.07) is 9.46. The lowest BCUT2D eigenvalue weighted by Gasteiger charge is -2.32. The Balaban J connectivity index is 1.89. The second-order valence-electron chi connectivity index (χ2n) is 7.20. The van der Waals surface area contributed by atoms with Gasteiger partial charge in [0.05, 0.1) is 30.4 Å². The lowest BCUT2D eigenvalue weighted by Crippen LogP contribution is -2.47. The van der Waals surface area contributed by atoms with E-state index in [-0.39, 0.29) is 18.2 Å². The van der Waals surface area contributed by atoms with Crippen LogP contribution in [0.2, 0.25) is 0 Å². The van der Waals surface area contributed by atoms with Gasteiger partial charge < -0.3 is 14.8 Å². The molecule has 0 radical (unpaired) electrons. The van der Waals surface area contributed by atoms with E-state index in [0.717, 1.165) is 31.2 Å². The van der Waals surface area contributed by atoms with Gasteiger partial charge in [-0.15, -0.1) is 0 Å². The first-order valence-corrected chi connectivity index (χ1v) is 8.47. The average molecular weight is 330 g/mol. The van der Waals surface area contributed by atoms with Gasteiger partial charge in [0.15, 0.2) is 0 Å². The Kier molecular flexibility index (Phi) is 6.22. The van der Waals surface area contributed by atoms with E-state index in [9.17, 15) is 4.79 Å². The third-order valence-electron chi connectivity index (χ3n) is 3.95. The fourth-order valence-electron chi connectivity index (χ4n) is 2.80. The molecular formula is C19H26N2O3. The predicted molar refractivity (Wildman–Crippen MR) is 91.4 cm³/mol. The maximum Gasteiger partial charge on any atom is 0.407 e. The topological polar surface area (TPSA) is 71.3 Å². The van der Waals surface area contributed by atoms with E-state index in [0.29, 0.717) is 12.2 Å². The van der Waals surface area contributed by atoms with Crippen LogP contribution in [0.4, 0.5) is 4.79 Å². The number of alkyl carbamates (subject to hydrolysis) is 1. The quantitative estimate of drug-likeness (QED) is 0.908. The van der Waals surface area contributed by atoms with Crippen LogP contribution in [0.15, 0.2) is 24.3 Å². The van der Waals surface area contributed by atoms with Crippen molar-refractivity contribution in [1.82, 2.24) is 5.32 Å². The molecule has 1 aliphatic rings. The Morgan fingerprint density at radius 2 is 1.92 bits per heavy atom. The Bertz CT molecular complexity index is 584. The molecular weight excluding hydrogens is 304 g/mol. The summed E-state index contributed by atoms with van der Waals surface area (Å²) in [5.74, 6) is 0. The summed E-state index contributed by atoms with van der Waals surface area (Å²) in [5.41, 5.74) is 1.16. The van der Waals surface area contributed by atoms with E-state index in [2.05, 4.69) is 11.4 Å². The largest absolute Gasteiger partial charge is 0.444 e. The number of carbonyl (C=O) groups is 1. The zero-order valence-corrected chi connectivity index (χ0v) is 14.7. The third kappa shape index (κ3) is 5.86. The summed E-state index contributed by atoms with van der Waals surface area (Å²) in [7, 11) is 0. The molecule has 2 atom stereocenters. The summed E-state index contributed by atoms with van der Waals surface area (Å²) >= 11 is 0. The number of hydrogen-bond donors (Lipinski definition) is 1. The SMILES string of the molecule is CC(C)(C)OC(=O)NC1CCCCC1OCc1ccc(C#N)cc1. The molecule has 0 aliphatic heterocycles. The zero-order chi connectivity index (χ0) is 17.6. The smallest absolute Gasteiger partial charge is 0.407 e. The molecule has 0 saturated heterocycles. The molecule has 130 valence electrons. The summed E-state index contributed by atoms with van der Waals surface area (Å²) in [4.78, 5) is 12.0. The standard InChI is InChI=1S/C19H26N2O3/c1-19(2,3)24-18(22)21-16-6-4-5-7-17(16)23-13-15-10-8-14(12-20)9-11-15/h8-11,16-17H,4-7,13H2,1-3H3,(H,21,22). The fraction of sp³-hybridized carbons (Fsp3) is 0.579. The van der Waals surface area contributed by atoms with Crippen LogP contribution in [-0.4, -0.2) is 23.8 Å². The molecule has 1 fully saturated rings. The van der Waals surface area contributed by atoms with Gasteiger partial charge >= 0.3 is 6.09 Å². The van der Waals surface area contributed by atoms with Crippen molar-refractivity contribution >= 4 is 6.09 Å². The van der Waals surface area contributed by atoms with Gasteiger partial charge in [-0.1, -0.05) is 25.0 Å². The van der Waals surface area contributed by atoms with E-state index >= 15 is 0 Å². The first kappa shape index (κ1) is 18.3. The highest BCUT2D eigenvalue weighted by atomic mass is 16.6. The molecule has 24 heavy (non-hydrogen) atoms. The number of rotatable bonds is 4. The van der Waals surface area contributed by atoms with Gasteiger partial charge in [0.1, 0.15) is 5.60 Å². The Hall–Kier alpha value is -2.06. The van der Waals surface area contributed by atoms with Gasteiger partial charge in [0, 0.05) is 0 Å². The molecule has 1 aromatic carbocycles. The normalized spacial score (nSPS) is 20.9. The molecule has 1 N–H and O–H groups in total. The van der Waals surface area contributed by atoms with Crippen molar-refractivity contribution in [2.45, 2.75) is 70.8 Å². The van der Waals surface area contributed by atoms with Gasteiger partial charge in [-0.3, -0.25) is 0 Å². The van der Waals surface area contributed by atoms with Crippen molar-refractivity contribution in [2.24, 2.45) is 0 Å². The molecule has 0 heterocycles. The highest BCUT2D eigenvalue weighted by Gasteiger charge is 2.29. The minimum Gasteiger partial charge on any atom is -0.444 e. The number of ether oxygens (including phenoxy) is 2. The number of hydrogen-bond acceptors (Lipinski definition) is 4. The van der Waals surface area contributed by atoms with Crippen molar-refractivity contribution < 1.29 is 14.3 Å². The molecule has 5 nitrogen and oxygen atoms in total. The van der Waals surface area contributed by atoms with Crippen molar-refractivity contribution in [3.05, 3.63) is 35.4 Å². The molecule has 1 aliphatic carbocycles. The van der Waals surface area contributed by atoms with Gasteiger partial charge in [0.25, 0.3) is 0 Å². The Morgan fingerprint density at radius 1 is 1.25 bits per heavy atom. The van der Waals surface area contributed by atoms with Crippen LogP contribution in [0.25, 0.3) is 0 Å². The molecule has 1 aromatic rings. The van der Waals surface area contributed by atoms with Gasteiger partial charge in [-0.2, -0.15) is 5.26 Å². The summed E-state index contributed by atoms with van der Waals surface area (Å²) in [5, 5.41) is 11.8. The monoisotopic (exact) mass is 330 g/mol. The van der Waals surface area contributed by atoms with Crippen LogP contribution in [-0.2, 0) is 16.1 Å². The average Bonchev–Trinajstić information content (AvgIpc) is 2.53. The molecule has 0 bridgehead atoms. The summed E-state index contributed by atoms with van der Waals surface area (Å²) < 4.78 is 11.4. The Labute approximate surface area is 144 Å². The first-order valence-electron chi connectivity index (χ1n) is 8.47. The maximum atomic E-state index is 12.0. The number of nitrogens with one attached hydrogen (secondary N) is 1. The van der Waals surface area contributed by atoms with Crippen LogP contribution in [0.1, 0.15) is 57.6 Å². The van der Waals surface area contributed by atoms with Crippen molar-refractivity contribution in [3.8, 4) is 6.07 Å². The van der Waals surface area contributed by atoms with Gasteiger partial charge in [-0.25, -0.2) is 4.79 Å². The fourth-order valence-corrected chi connectivity index (χ4v) is 2.80. The lowest BCUT2D eigenvalue weighted by molar-refractivity contribution is -0.0113. The zero-order valence-electron chi connectivity index (χ0n) is 14.7. The first-order chi connectivity index (χ1) is 11.4. The summed E-state index contributed by atoms with van der Waals surface area (Å²) in [6.45, 7) is 6.04.